The van der Waals surface area contributed by atoms with Crippen LogP contribution in [-0.4, -0.2) is 110 Å². The van der Waals surface area contributed by atoms with Crippen LogP contribution in [0.5, 0.6) is 0 Å². The molecular formula is C44H87NO10. The summed E-state index contributed by atoms with van der Waals surface area (Å²) in [4.78, 5) is 13.0. The van der Waals surface area contributed by atoms with Crippen LogP contribution < -0.4 is 5.32 Å². The van der Waals surface area contributed by atoms with E-state index < -0.39 is 74.2 Å². The van der Waals surface area contributed by atoms with E-state index >= 15 is 0 Å². The van der Waals surface area contributed by atoms with Gasteiger partial charge in [0.1, 0.15) is 36.6 Å². The van der Waals surface area contributed by atoms with E-state index in [9.17, 15) is 40.5 Å². The van der Waals surface area contributed by atoms with E-state index in [4.69, 9.17) is 9.47 Å². The molecule has 9 unspecified atom stereocenters. The van der Waals surface area contributed by atoms with E-state index in [-0.39, 0.29) is 6.42 Å². The molecule has 11 nitrogen and oxygen atoms in total. The lowest BCUT2D eigenvalue weighted by Gasteiger charge is -2.40. The van der Waals surface area contributed by atoms with Crippen molar-refractivity contribution in [2.45, 2.75) is 256 Å². The number of carbonyl (C=O) groups is 1. The Morgan fingerprint density at radius 2 is 1.02 bits per heavy atom. The number of hydrogen-bond acceptors (Lipinski definition) is 10. The first-order valence-electron chi connectivity index (χ1n) is 22.8. The largest absolute Gasteiger partial charge is 0.394 e. The summed E-state index contributed by atoms with van der Waals surface area (Å²) >= 11 is 0. The summed E-state index contributed by atoms with van der Waals surface area (Å²) in [5.74, 6) is 0.00626. The van der Waals surface area contributed by atoms with Crippen LogP contribution in [0.15, 0.2) is 0 Å². The first kappa shape index (κ1) is 52.1. The molecule has 328 valence electrons. The molecule has 0 saturated carbocycles. The molecule has 1 aliphatic heterocycles. The number of rotatable bonds is 37. The Morgan fingerprint density at radius 1 is 0.600 bits per heavy atom. The molecule has 8 N–H and O–H groups in total. The van der Waals surface area contributed by atoms with E-state index in [2.05, 4.69) is 26.1 Å². The van der Waals surface area contributed by atoms with E-state index in [1.165, 1.54) is 116 Å². The van der Waals surface area contributed by atoms with Crippen LogP contribution in [0, 0.1) is 5.92 Å². The number of aliphatic hydroxyl groups is 7. The van der Waals surface area contributed by atoms with Gasteiger partial charge < -0.3 is 50.5 Å². The lowest BCUT2D eigenvalue weighted by Crippen LogP contribution is -2.60. The monoisotopic (exact) mass is 790 g/mol. The topological polar surface area (TPSA) is 189 Å². The van der Waals surface area contributed by atoms with E-state index in [0.717, 1.165) is 38.5 Å². The average Bonchev–Trinajstić information content (AvgIpc) is 3.17. The molecule has 1 fully saturated rings. The molecule has 11 heteroatoms. The highest BCUT2D eigenvalue weighted by atomic mass is 16.7. The van der Waals surface area contributed by atoms with Crippen molar-refractivity contribution in [2.24, 2.45) is 5.92 Å². The van der Waals surface area contributed by atoms with Gasteiger partial charge in [-0.15, -0.1) is 0 Å². The van der Waals surface area contributed by atoms with Crippen molar-refractivity contribution in [3.8, 4) is 0 Å². The fraction of sp³-hybridized carbons (Fsp3) is 0.977. The van der Waals surface area contributed by atoms with Crippen molar-refractivity contribution in [2.75, 3.05) is 13.2 Å². The van der Waals surface area contributed by atoms with Gasteiger partial charge in [0.2, 0.25) is 5.91 Å². The minimum atomic E-state index is -1.66. The number of hydrogen-bond donors (Lipinski definition) is 8. The van der Waals surface area contributed by atoms with E-state index in [1.54, 1.807) is 0 Å². The number of nitrogens with one attached hydrogen (secondary N) is 1. The van der Waals surface area contributed by atoms with E-state index in [1.807, 2.05) is 0 Å². The fourth-order valence-corrected chi connectivity index (χ4v) is 7.51. The standard InChI is InChI=1S/C44H87NO10/c1-4-5-6-7-8-9-10-11-12-13-14-15-16-17-18-19-20-25-28-31-37(48)43(53)45-35(33-54-44-42(52)41(51)40(50)38(32-46)55-44)39(49)36(47)30-27-24-22-21-23-26-29-34(2)3/h34-42,44,46-52H,4-33H2,1-3H3,(H,45,53). The molecule has 1 rings (SSSR count). The van der Waals surface area contributed by atoms with Crippen molar-refractivity contribution in [3.63, 3.8) is 0 Å². The van der Waals surface area contributed by atoms with Crippen LogP contribution in [0.4, 0.5) is 0 Å². The van der Waals surface area contributed by atoms with Gasteiger partial charge in [0, 0.05) is 0 Å². The van der Waals surface area contributed by atoms with Crippen molar-refractivity contribution in [3.05, 3.63) is 0 Å². The van der Waals surface area contributed by atoms with Gasteiger partial charge in [-0.25, -0.2) is 0 Å². The summed E-state index contributed by atoms with van der Waals surface area (Å²) in [6.07, 6.45) is 20.5. The first-order valence-corrected chi connectivity index (χ1v) is 22.8. The maximum Gasteiger partial charge on any atom is 0.249 e. The number of ether oxygens (including phenoxy) is 2. The van der Waals surface area contributed by atoms with Crippen molar-refractivity contribution in [1.82, 2.24) is 5.32 Å². The molecular weight excluding hydrogens is 702 g/mol. The van der Waals surface area contributed by atoms with Crippen LogP contribution >= 0.6 is 0 Å². The first-order chi connectivity index (χ1) is 26.5. The Balaban J connectivity index is 2.39. The maximum absolute atomic E-state index is 13.0. The van der Waals surface area contributed by atoms with Gasteiger partial charge in [-0.1, -0.05) is 188 Å². The van der Waals surface area contributed by atoms with Gasteiger partial charge in [-0.3, -0.25) is 4.79 Å². The smallest absolute Gasteiger partial charge is 0.249 e. The van der Waals surface area contributed by atoms with Gasteiger partial charge in [0.15, 0.2) is 6.29 Å². The van der Waals surface area contributed by atoms with Crippen molar-refractivity contribution in [1.29, 1.82) is 0 Å². The second kappa shape index (κ2) is 34.0. The normalized spacial score (nSPS) is 22.5. The van der Waals surface area contributed by atoms with Crippen LogP contribution in [0.3, 0.4) is 0 Å². The van der Waals surface area contributed by atoms with Gasteiger partial charge in [0.05, 0.1) is 25.4 Å². The second-order valence-corrected chi connectivity index (χ2v) is 17.0. The number of amides is 1. The number of unbranched alkanes of at least 4 members (excludes halogenated alkanes) is 23. The zero-order valence-corrected chi connectivity index (χ0v) is 35.3. The predicted octanol–water partition coefficient (Wildman–Crippen LogP) is 6.97. The fourth-order valence-electron chi connectivity index (χ4n) is 7.51. The van der Waals surface area contributed by atoms with E-state index in [0.29, 0.717) is 25.2 Å². The summed E-state index contributed by atoms with van der Waals surface area (Å²) in [6, 6.07) is -1.16. The Morgan fingerprint density at radius 3 is 1.45 bits per heavy atom. The highest BCUT2D eigenvalue weighted by molar-refractivity contribution is 5.80. The second-order valence-electron chi connectivity index (χ2n) is 17.0. The molecule has 1 heterocycles. The SMILES string of the molecule is CCCCCCCCCCCCCCCCCCCCCC(O)C(=O)NC(COC1OC(CO)C(O)C(O)C1O)C(O)C(O)CCCCCCCCC(C)C. The number of aliphatic hydroxyl groups excluding tert-OH is 7. The van der Waals surface area contributed by atoms with Crippen molar-refractivity contribution >= 4 is 5.91 Å². The van der Waals surface area contributed by atoms with Gasteiger partial charge >= 0.3 is 0 Å². The summed E-state index contributed by atoms with van der Waals surface area (Å²) < 4.78 is 11.1. The zero-order valence-electron chi connectivity index (χ0n) is 35.3. The molecule has 1 aliphatic rings. The Labute approximate surface area is 335 Å². The van der Waals surface area contributed by atoms with Gasteiger partial charge in [0.25, 0.3) is 0 Å². The quantitative estimate of drug-likeness (QED) is 0.0306. The highest BCUT2D eigenvalue weighted by Crippen LogP contribution is 2.23. The third kappa shape index (κ3) is 25.3. The zero-order chi connectivity index (χ0) is 40.7. The predicted molar refractivity (Wildman–Crippen MR) is 219 cm³/mol. The van der Waals surface area contributed by atoms with Crippen LogP contribution in [0.2, 0.25) is 0 Å². The Kier molecular flexibility index (Phi) is 32.2. The Hall–Kier alpha value is -0.890. The molecule has 0 aromatic rings. The summed E-state index contributed by atoms with van der Waals surface area (Å²) in [6.45, 7) is 5.66. The Bertz CT molecular complexity index is 880. The maximum atomic E-state index is 13.0. The molecule has 0 aliphatic carbocycles. The molecule has 1 saturated heterocycles. The third-order valence-corrected chi connectivity index (χ3v) is 11.3. The molecule has 0 radical (unpaired) electrons. The molecule has 1 amide bonds. The van der Waals surface area contributed by atoms with Crippen LogP contribution in [0.1, 0.15) is 201 Å². The molecule has 0 aromatic carbocycles. The summed E-state index contributed by atoms with van der Waals surface area (Å²) in [5, 5.41) is 75.4. The average molecular weight is 790 g/mol. The molecule has 0 spiro atoms. The highest BCUT2D eigenvalue weighted by Gasteiger charge is 2.44. The lowest BCUT2D eigenvalue weighted by atomic mass is 9.98. The molecule has 0 aromatic heterocycles. The van der Waals surface area contributed by atoms with Gasteiger partial charge in [-0.2, -0.15) is 0 Å². The van der Waals surface area contributed by atoms with Crippen LogP contribution in [0.25, 0.3) is 0 Å². The minimum Gasteiger partial charge on any atom is -0.394 e. The lowest BCUT2D eigenvalue weighted by molar-refractivity contribution is -0.303. The molecule has 9 atom stereocenters. The van der Waals surface area contributed by atoms with Crippen LogP contribution in [-0.2, 0) is 14.3 Å². The summed E-state index contributed by atoms with van der Waals surface area (Å²) in [5.41, 5.74) is 0. The van der Waals surface area contributed by atoms with Gasteiger partial charge in [-0.05, 0) is 18.8 Å². The summed E-state index contributed by atoms with van der Waals surface area (Å²) in [7, 11) is 0. The molecule has 0 bridgehead atoms. The third-order valence-electron chi connectivity index (χ3n) is 11.3. The molecule has 55 heavy (non-hydrogen) atoms. The minimum absolute atomic E-state index is 0.265. The van der Waals surface area contributed by atoms with Crippen molar-refractivity contribution < 1.29 is 50.0 Å². The number of carbonyl (C=O) groups excluding carboxylic acids is 1.